The molecule has 0 aliphatic heterocycles. The second kappa shape index (κ2) is 8.74. The van der Waals surface area contributed by atoms with Crippen LogP contribution in [0.5, 0.6) is 0 Å². The van der Waals surface area contributed by atoms with Crippen molar-refractivity contribution in [2.75, 3.05) is 6.54 Å². The van der Waals surface area contributed by atoms with E-state index in [1.165, 1.54) is 19.3 Å². The van der Waals surface area contributed by atoms with Gasteiger partial charge in [-0.2, -0.15) is 0 Å². The molecule has 0 bridgehead atoms. The lowest BCUT2D eigenvalue weighted by Crippen LogP contribution is -2.52. The molecule has 4 unspecified atom stereocenters. The molecule has 0 aromatic carbocycles. The van der Waals surface area contributed by atoms with Gasteiger partial charge in [0.05, 0.1) is 12.2 Å². The van der Waals surface area contributed by atoms with Crippen LogP contribution in [-0.4, -0.2) is 35.4 Å². The van der Waals surface area contributed by atoms with E-state index in [0.29, 0.717) is 12.5 Å². The summed E-state index contributed by atoms with van der Waals surface area (Å²) in [5.41, 5.74) is -0.895. The van der Waals surface area contributed by atoms with Crippen LogP contribution in [0.4, 0.5) is 0 Å². The van der Waals surface area contributed by atoms with Gasteiger partial charge in [0.15, 0.2) is 0 Å². The molecule has 124 valence electrons. The van der Waals surface area contributed by atoms with Gasteiger partial charge in [0.25, 0.3) is 0 Å². The van der Waals surface area contributed by atoms with Gasteiger partial charge in [-0.15, -0.1) is 0 Å². The van der Waals surface area contributed by atoms with Gasteiger partial charge in [0.2, 0.25) is 0 Å². The van der Waals surface area contributed by atoms with Crippen LogP contribution >= 0.6 is 0 Å². The molecule has 0 radical (unpaired) electrons. The van der Waals surface area contributed by atoms with E-state index in [1.54, 1.807) is 6.92 Å². The molecule has 4 heteroatoms. The quantitative estimate of drug-likeness (QED) is 0.683. The highest BCUT2D eigenvalue weighted by molar-refractivity contribution is 5.78. The average Bonchev–Trinajstić information content (AvgIpc) is 2.45. The van der Waals surface area contributed by atoms with Crippen molar-refractivity contribution >= 4 is 5.97 Å². The van der Waals surface area contributed by atoms with Crippen LogP contribution in [0, 0.1) is 5.92 Å². The Kier molecular flexibility index (Phi) is 7.67. The molecule has 1 aliphatic carbocycles. The fourth-order valence-corrected chi connectivity index (χ4v) is 3.32. The fourth-order valence-electron chi connectivity index (χ4n) is 3.32. The highest BCUT2D eigenvalue weighted by Gasteiger charge is 2.35. The zero-order valence-electron chi connectivity index (χ0n) is 14.2. The van der Waals surface area contributed by atoms with E-state index in [1.807, 2.05) is 13.8 Å². The first-order valence-corrected chi connectivity index (χ1v) is 8.55. The Balaban J connectivity index is 2.49. The second-order valence-corrected chi connectivity index (χ2v) is 6.78. The fraction of sp³-hybridized carbons (Fsp3) is 0.941. The maximum atomic E-state index is 11.5. The maximum absolute atomic E-state index is 11.5. The van der Waals surface area contributed by atoms with Gasteiger partial charge in [0, 0.05) is 6.42 Å². The van der Waals surface area contributed by atoms with Crippen LogP contribution in [0.3, 0.4) is 0 Å². The Hall–Kier alpha value is -0.610. The molecule has 4 atom stereocenters. The van der Waals surface area contributed by atoms with Crippen LogP contribution in [0.15, 0.2) is 0 Å². The Morgan fingerprint density at radius 3 is 2.71 bits per heavy atom. The Labute approximate surface area is 129 Å². The molecule has 0 aromatic heterocycles. The topological polar surface area (TPSA) is 58.6 Å². The number of hydrogen-bond acceptors (Lipinski definition) is 3. The van der Waals surface area contributed by atoms with Crippen LogP contribution < -0.4 is 5.32 Å². The Bertz CT molecular complexity index is 321. The summed E-state index contributed by atoms with van der Waals surface area (Å²) >= 11 is 0. The van der Waals surface area contributed by atoms with Crippen molar-refractivity contribution in [1.29, 1.82) is 0 Å². The van der Waals surface area contributed by atoms with Gasteiger partial charge in [-0.3, -0.25) is 4.79 Å². The molecule has 21 heavy (non-hydrogen) atoms. The van der Waals surface area contributed by atoms with Gasteiger partial charge in [-0.1, -0.05) is 33.1 Å². The lowest BCUT2D eigenvalue weighted by atomic mass is 9.85. The van der Waals surface area contributed by atoms with Crippen LogP contribution in [0.2, 0.25) is 0 Å². The molecule has 1 rings (SSSR count). The SMILES string of the molecule is CCCNC(C)(CC(C)OC1CCCC(CC)C1)C(=O)O. The third kappa shape index (κ3) is 5.95. The van der Waals surface area contributed by atoms with Crippen molar-refractivity contribution in [1.82, 2.24) is 5.32 Å². The normalized spacial score (nSPS) is 27.0. The number of ether oxygens (including phenoxy) is 1. The van der Waals surface area contributed by atoms with Crippen molar-refractivity contribution < 1.29 is 14.6 Å². The van der Waals surface area contributed by atoms with Crippen molar-refractivity contribution in [2.24, 2.45) is 5.92 Å². The van der Waals surface area contributed by atoms with E-state index >= 15 is 0 Å². The predicted molar refractivity (Wildman–Crippen MR) is 85.5 cm³/mol. The number of carboxylic acids is 1. The summed E-state index contributed by atoms with van der Waals surface area (Å²) in [5, 5.41) is 12.6. The van der Waals surface area contributed by atoms with E-state index in [9.17, 15) is 9.90 Å². The molecule has 1 aliphatic rings. The predicted octanol–water partition coefficient (Wildman–Crippen LogP) is 3.59. The number of rotatable bonds is 9. The van der Waals surface area contributed by atoms with E-state index in [-0.39, 0.29) is 6.10 Å². The monoisotopic (exact) mass is 299 g/mol. The first-order valence-electron chi connectivity index (χ1n) is 8.55. The first-order chi connectivity index (χ1) is 9.91. The molecule has 0 aromatic rings. The minimum Gasteiger partial charge on any atom is -0.480 e. The standard InChI is InChI=1S/C17H33NO3/c1-5-10-18-17(4,16(19)20)12-13(3)21-15-9-7-8-14(6-2)11-15/h13-15,18H,5-12H2,1-4H3,(H,19,20). The van der Waals surface area contributed by atoms with Crippen molar-refractivity contribution in [3.05, 3.63) is 0 Å². The van der Waals surface area contributed by atoms with Crippen LogP contribution in [0.1, 0.15) is 72.6 Å². The van der Waals surface area contributed by atoms with E-state index in [2.05, 4.69) is 12.2 Å². The first kappa shape index (κ1) is 18.4. The number of nitrogens with one attached hydrogen (secondary N) is 1. The molecule has 1 saturated carbocycles. The molecule has 0 heterocycles. The molecular formula is C17H33NO3. The Morgan fingerprint density at radius 1 is 1.43 bits per heavy atom. The lowest BCUT2D eigenvalue weighted by molar-refractivity contribution is -0.146. The third-order valence-corrected chi connectivity index (χ3v) is 4.67. The summed E-state index contributed by atoms with van der Waals surface area (Å²) in [7, 11) is 0. The zero-order valence-corrected chi connectivity index (χ0v) is 14.2. The highest BCUT2D eigenvalue weighted by Crippen LogP contribution is 2.30. The molecule has 0 spiro atoms. The molecule has 2 N–H and O–H groups in total. The molecule has 1 fully saturated rings. The summed E-state index contributed by atoms with van der Waals surface area (Å²) in [6.45, 7) is 8.77. The minimum atomic E-state index is -0.895. The largest absolute Gasteiger partial charge is 0.480 e. The molecule has 0 saturated heterocycles. The summed E-state index contributed by atoms with van der Waals surface area (Å²) in [6.07, 6.45) is 7.74. The maximum Gasteiger partial charge on any atom is 0.323 e. The van der Waals surface area contributed by atoms with Gasteiger partial charge in [0.1, 0.15) is 5.54 Å². The summed E-state index contributed by atoms with van der Waals surface area (Å²) in [5.74, 6) is -0.0125. The van der Waals surface area contributed by atoms with Crippen molar-refractivity contribution in [2.45, 2.75) is 90.4 Å². The Morgan fingerprint density at radius 2 is 2.14 bits per heavy atom. The van der Waals surface area contributed by atoms with Crippen molar-refractivity contribution in [3.8, 4) is 0 Å². The smallest absolute Gasteiger partial charge is 0.323 e. The van der Waals surface area contributed by atoms with Gasteiger partial charge < -0.3 is 15.2 Å². The number of carboxylic acid groups (broad SMARTS) is 1. The second-order valence-electron chi connectivity index (χ2n) is 6.78. The average molecular weight is 299 g/mol. The zero-order chi connectivity index (χ0) is 15.9. The number of carbonyl (C=O) groups is 1. The molecular weight excluding hydrogens is 266 g/mol. The highest BCUT2D eigenvalue weighted by atomic mass is 16.5. The van der Waals surface area contributed by atoms with Crippen molar-refractivity contribution in [3.63, 3.8) is 0 Å². The third-order valence-electron chi connectivity index (χ3n) is 4.67. The minimum absolute atomic E-state index is 0.0314. The molecule has 4 nitrogen and oxygen atoms in total. The number of aliphatic carboxylic acids is 1. The van der Waals surface area contributed by atoms with E-state index in [4.69, 9.17) is 4.74 Å². The summed E-state index contributed by atoms with van der Waals surface area (Å²) in [4.78, 5) is 11.5. The summed E-state index contributed by atoms with van der Waals surface area (Å²) < 4.78 is 6.15. The van der Waals surface area contributed by atoms with E-state index in [0.717, 1.165) is 31.7 Å². The van der Waals surface area contributed by atoms with E-state index < -0.39 is 11.5 Å². The van der Waals surface area contributed by atoms with Crippen LogP contribution in [-0.2, 0) is 9.53 Å². The van der Waals surface area contributed by atoms with Gasteiger partial charge in [-0.05, 0) is 45.6 Å². The van der Waals surface area contributed by atoms with Gasteiger partial charge in [-0.25, -0.2) is 0 Å². The summed E-state index contributed by atoms with van der Waals surface area (Å²) in [6, 6.07) is 0. The van der Waals surface area contributed by atoms with Crippen LogP contribution in [0.25, 0.3) is 0 Å². The van der Waals surface area contributed by atoms with Gasteiger partial charge >= 0.3 is 5.97 Å². The lowest BCUT2D eigenvalue weighted by Gasteiger charge is -2.34. The number of hydrogen-bond donors (Lipinski definition) is 2. The molecule has 0 amide bonds.